The number of imidazole rings is 1. The Labute approximate surface area is 123 Å². The first-order chi connectivity index (χ1) is 10.3. The van der Waals surface area contributed by atoms with Gasteiger partial charge in [-0.15, -0.1) is 0 Å². The van der Waals surface area contributed by atoms with Crippen molar-refractivity contribution < 1.29 is 14.2 Å². The summed E-state index contributed by atoms with van der Waals surface area (Å²) in [6.07, 6.45) is 6.47. The van der Waals surface area contributed by atoms with Crippen LogP contribution in [-0.2, 0) is 9.47 Å². The first kappa shape index (κ1) is 14.0. The molecule has 0 bridgehead atoms. The van der Waals surface area contributed by atoms with Gasteiger partial charge < -0.3 is 18.8 Å². The molecular weight excluding hydrogens is 270 g/mol. The number of methoxy groups -OCH3 is 2. The number of ether oxygens (including phenoxy) is 3. The fourth-order valence-corrected chi connectivity index (χ4v) is 2.71. The summed E-state index contributed by atoms with van der Waals surface area (Å²) >= 11 is 0. The fraction of sp³-hybridized carbons (Fsp3) is 0.467. The number of nitrogens with zero attached hydrogens (tertiary/aromatic N) is 3. The van der Waals surface area contributed by atoms with Gasteiger partial charge in [-0.25, -0.2) is 9.97 Å². The molecule has 6 nitrogen and oxygen atoms in total. The summed E-state index contributed by atoms with van der Waals surface area (Å²) in [6, 6.07) is 4.04. The molecule has 2 atom stereocenters. The lowest BCUT2D eigenvalue weighted by molar-refractivity contribution is -0.0597. The zero-order valence-corrected chi connectivity index (χ0v) is 12.2. The maximum Gasteiger partial charge on any atom is 0.213 e. The molecule has 1 fully saturated rings. The Balaban J connectivity index is 1.96. The Morgan fingerprint density at radius 3 is 3.00 bits per heavy atom. The minimum atomic E-state index is 0.0374. The number of rotatable bonds is 4. The van der Waals surface area contributed by atoms with Gasteiger partial charge in [-0.3, -0.25) is 0 Å². The number of pyridine rings is 1. The van der Waals surface area contributed by atoms with Crippen molar-refractivity contribution in [1.82, 2.24) is 14.5 Å². The Morgan fingerprint density at radius 1 is 1.29 bits per heavy atom. The molecule has 2 aromatic heterocycles. The standard InChI is InChI=1S/C15H19N3O3/c1-19-13-10-21-8-4-12(13)18-7-6-17-15(18)11-3-5-16-14(9-11)20-2/h3,5-7,9,12-13H,4,8,10H2,1-2H3/t12-,13-/m0/s1. The van der Waals surface area contributed by atoms with E-state index in [1.54, 1.807) is 20.4 Å². The van der Waals surface area contributed by atoms with E-state index in [1.807, 2.05) is 24.5 Å². The molecule has 0 spiro atoms. The first-order valence-electron chi connectivity index (χ1n) is 6.97. The minimum absolute atomic E-state index is 0.0374. The molecular formula is C15H19N3O3. The van der Waals surface area contributed by atoms with Crippen molar-refractivity contribution in [3.8, 4) is 17.3 Å². The molecule has 6 heteroatoms. The van der Waals surface area contributed by atoms with E-state index < -0.39 is 0 Å². The van der Waals surface area contributed by atoms with Gasteiger partial charge in [0.05, 0.1) is 19.8 Å². The highest BCUT2D eigenvalue weighted by Crippen LogP contribution is 2.29. The van der Waals surface area contributed by atoms with Crippen LogP contribution >= 0.6 is 0 Å². The lowest BCUT2D eigenvalue weighted by atomic mass is 10.1. The van der Waals surface area contributed by atoms with E-state index in [9.17, 15) is 0 Å². The summed E-state index contributed by atoms with van der Waals surface area (Å²) < 4.78 is 18.4. The number of hydrogen-bond donors (Lipinski definition) is 0. The second-order valence-electron chi connectivity index (χ2n) is 4.95. The third-order valence-corrected chi connectivity index (χ3v) is 3.80. The highest BCUT2D eigenvalue weighted by molar-refractivity contribution is 5.56. The van der Waals surface area contributed by atoms with E-state index >= 15 is 0 Å². The topological polar surface area (TPSA) is 58.4 Å². The number of aromatic nitrogens is 3. The van der Waals surface area contributed by atoms with Crippen molar-refractivity contribution in [2.45, 2.75) is 18.6 Å². The molecule has 0 aromatic carbocycles. The lowest BCUT2D eigenvalue weighted by Gasteiger charge is -2.32. The highest BCUT2D eigenvalue weighted by atomic mass is 16.5. The molecule has 3 rings (SSSR count). The van der Waals surface area contributed by atoms with Crippen LogP contribution in [0.1, 0.15) is 12.5 Å². The van der Waals surface area contributed by atoms with Gasteiger partial charge in [0.25, 0.3) is 0 Å². The van der Waals surface area contributed by atoms with Gasteiger partial charge in [0, 0.05) is 43.9 Å². The Kier molecular flexibility index (Phi) is 4.17. The number of hydrogen-bond acceptors (Lipinski definition) is 5. The average Bonchev–Trinajstić information content (AvgIpc) is 3.04. The summed E-state index contributed by atoms with van der Waals surface area (Å²) in [6.45, 7) is 1.35. The van der Waals surface area contributed by atoms with E-state index in [1.165, 1.54) is 0 Å². The molecule has 0 unspecified atom stereocenters. The predicted molar refractivity (Wildman–Crippen MR) is 77.3 cm³/mol. The molecule has 1 saturated heterocycles. The largest absolute Gasteiger partial charge is 0.481 e. The van der Waals surface area contributed by atoms with E-state index in [0.717, 1.165) is 24.4 Å². The summed E-state index contributed by atoms with van der Waals surface area (Å²) in [4.78, 5) is 8.63. The van der Waals surface area contributed by atoms with Crippen molar-refractivity contribution in [3.63, 3.8) is 0 Å². The summed E-state index contributed by atoms with van der Waals surface area (Å²) in [7, 11) is 3.33. The zero-order chi connectivity index (χ0) is 14.7. The molecule has 0 radical (unpaired) electrons. The van der Waals surface area contributed by atoms with Gasteiger partial charge in [-0.1, -0.05) is 0 Å². The van der Waals surface area contributed by atoms with Crippen LogP contribution in [0.15, 0.2) is 30.7 Å². The van der Waals surface area contributed by atoms with Gasteiger partial charge >= 0.3 is 0 Å². The fourth-order valence-electron chi connectivity index (χ4n) is 2.71. The lowest BCUT2D eigenvalue weighted by Crippen LogP contribution is -2.35. The minimum Gasteiger partial charge on any atom is -0.481 e. The second-order valence-corrected chi connectivity index (χ2v) is 4.95. The van der Waals surface area contributed by atoms with Crippen molar-refractivity contribution in [3.05, 3.63) is 30.7 Å². The van der Waals surface area contributed by atoms with Gasteiger partial charge in [0.15, 0.2) is 0 Å². The van der Waals surface area contributed by atoms with Crippen LogP contribution in [0.3, 0.4) is 0 Å². The molecule has 3 heterocycles. The molecule has 1 aliphatic rings. The van der Waals surface area contributed by atoms with Crippen LogP contribution in [-0.4, -0.2) is 48.1 Å². The van der Waals surface area contributed by atoms with Crippen molar-refractivity contribution in [1.29, 1.82) is 0 Å². The van der Waals surface area contributed by atoms with Crippen molar-refractivity contribution in [2.75, 3.05) is 27.4 Å². The van der Waals surface area contributed by atoms with Gasteiger partial charge in [-0.2, -0.15) is 0 Å². The Morgan fingerprint density at radius 2 is 2.19 bits per heavy atom. The highest BCUT2D eigenvalue weighted by Gasteiger charge is 2.28. The maximum atomic E-state index is 5.55. The van der Waals surface area contributed by atoms with Gasteiger partial charge in [0.2, 0.25) is 5.88 Å². The van der Waals surface area contributed by atoms with E-state index in [-0.39, 0.29) is 12.1 Å². The van der Waals surface area contributed by atoms with Crippen LogP contribution in [0, 0.1) is 0 Å². The zero-order valence-electron chi connectivity index (χ0n) is 12.2. The molecule has 1 aliphatic heterocycles. The molecule has 21 heavy (non-hydrogen) atoms. The van der Waals surface area contributed by atoms with E-state index in [2.05, 4.69) is 14.5 Å². The molecule has 0 amide bonds. The predicted octanol–water partition coefficient (Wildman–Crippen LogP) is 1.93. The smallest absolute Gasteiger partial charge is 0.213 e. The molecule has 112 valence electrons. The van der Waals surface area contributed by atoms with Crippen LogP contribution in [0.2, 0.25) is 0 Å². The first-order valence-corrected chi connectivity index (χ1v) is 6.97. The Bertz CT molecular complexity index is 599. The van der Waals surface area contributed by atoms with Crippen LogP contribution in [0.25, 0.3) is 11.4 Å². The normalized spacial score (nSPS) is 22.2. The van der Waals surface area contributed by atoms with Gasteiger partial charge in [0.1, 0.15) is 11.9 Å². The molecule has 2 aromatic rings. The second kappa shape index (κ2) is 6.24. The molecule has 0 aliphatic carbocycles. The summed E-state index contributed by atoms with van der Waals surface area (Å²) in [5.74, 6) is 1.47. The van der Waals surface area contributed by atoms with Crippen LogP contribution < -0.4 is 4.74 Å². The average molecular weight is 289 g/mol. The quantitative estimate of drug-likeness (QED) is 0.860. The van der Waals surface area contributed by atoms with Crippen molar-refractivity contribution >= 4 is 0 Å². The van der Waals surface area contributed by atoms with Crippen LogP contribution in [0.4, 0.5) is 0 Å². The van der Waals surface area contributed by atoms with E-state index in [4.69, 9.17) is 14.2 Å². The summed E-state index contributed by atoms with van der Waals surface area (Å²) in [5.41, 5.74) is 0.980. The monoisotopic (exact) mass is 289 g/mol. The third-order valence-electron chi connectivity index (χ3n) is 3.80. The maximum absolute atomic E-state index is 5.55. The summed E-state index contributed by atoms with van der Waals surface area (Å²) in [5, 5.41) is 0. The molecule has 0 N–H and O–H groups in total. The third kappa shape index (κ3) is 2.77. The molecule has 0 saturated carbocycles. The van der Waals surface area contributed by atoms with Crippen molar-refractivity contribution in [2.24, 2.45) is 0 Å². The van der Waals surface area contributed by atoms with E-state index in [0.29, 0.717) is 12.5 Å². The van der Waals surface area contributed by atoms with Gasteiger partial charge in [-0.05, 0) is 12.5 Å². The SMILES string of the molecule is COc1cc(-c2nccn2[C@H]2CCOC[C@@H]2OC)ccn1. The Hall–Kier alpha value is -1.92. The van der Waals surface area contributed by atoms with Crippen LogP contribution in [0.5, 0.6) is 5.88 Å².